The molecule has 3 heteroatoms. The monoisotopic (exact) mass is 181 g/mol. The second-order valence-electron chi connectivity index (χ2n) is 3.51. The van der Waals surface area contributed by atoms with Crippen LogP contribution in [0.15, 0.2) is 0 Å². The number of carbonyl (C=O) groups is 1. The van der Waals surface area contributed by atoms with Gasteiger partial charge in [-0.15, -0.1) is 6.42 Å². The molecule has 0 aromatic rings. The number of likely N-dealkylation sites (tertiary alicyclic amines) is 1. The zero-order valence-corrected chi connectivity index (χ0v) is 8.12. The van der Waals surface area contributed by atoms with E-state index < -0.39 is 0 Å². The molecule has 0 amide bonds. The molecule has 0 radical (unpaired) electrons. The maximum atomic E-state index is 11.3. The Labute approximate surface area is 79.1 Å². The first-order valence-corrected chi connectivity index (χ1v) is 4.42. The second-order valence-corrected chi connectivity index (χ2v) is 3.51. The number of carbonyl (C=O) groups excluding carboxylic acids is 1. The van der Waals surface area contributed by atoms with Gasteiger partial charge in [0.25, 0.3) is 0 Å². The SMILES string of the molecule is C#CCN1CC(C)C(C(=O)OC)C1. The summed E-state index contributed by atoms with van der Waals surface area (Å²) in [6, 6.07) is 0. The van der Waals surface area contributed by atoms with E-state index in [1.807, 2.05) is 0 Å². The molecule has 0 N–H and O–H groups in total. The van der Waals surface area contributed by atoms with Crippen LogP contribution in [0.2, 0.25) is 0 Å². The van der Waals surface area contributed by atoms with Crippen LogP contribution in [0.4, 0.5) is 0 Å². The van der Waals surface area contributed by atoms with Crippen LogP contribution >= 0.6 is 0 Å². The third-order valence-electron chi connectivity index (χ3n) is 2.51. The molecule has 2 atom stereocenters. The van der Waals surface area contributed by atoms with Crippen LogP contribution in [0.1, 0.15) is 6.92 Å². The lowest BCUT2D eigenvalue weighted by Gasteiger charge is -2.10. The van der Waals surface area contributed by atoms with Crippen molar-refractivity contribution in [2.24, 2.45) is 11.8 Å². The zero-order chi connectivity index (χ0) is 9.84. The molecule has 0 aromatic carbocycles. The first-order valence-electron chi connectivity index (χ1n) is 4.42. The number of terminal acetylenes is 1. The van der Waals surface area contributed by atoms with E-state index in [1.165, 1.54) is 7.11 Å². The predicted molar refractivity (Wildman–Crippen MR) is 49.9 cm³/mol. The van der Waals surface area contributed by atoms with Gasteiger partial charge in [0, 0.05) is 13.1 Å². The fraction of sp³-hybridized carbons (Fsp3) is 0.700. The summed E-state index contributed by atoms with van der Waals surface area (Å²) in [6.07, 6.45) is 5.20. The lowest BCUT2D eigenvalue weighted by molar-refractivity contribution is -0.146. The minimum atomic E-state index is -0.118. The van der Waals surface area contributed by atoms with Gasteiger partial charge in [0.1, 0.15) is 0 Å². The Morgan fingerprint density at radius 1 is 1.69 bits per heavy atom. The van der Waals surface area contributed by atoms with Gasteiger partial charge in [0.05, 0.1) is 19.6 Å². The Kier molecular flexibility index (Phi) is 3.32. The summed E-state index contributed by atoms with van der Waals surface area (Å²) in [4.78, 5) is 13.4. The Morgan fingerprint density at radius 3 is 2.92 bits per heavy atom. The van der Waals surface area contributed by atoms with Gasteiger partial charge >= 0.3 is 5.97 Å². The molecule has 1 saturated heterocycles. The molecule has 0 aliphatic carbocycles. The summed E-state index contributed by atoms with van der Waals surface area (Å²) in [5.74, 6) is 2.81. The summed E-state index contributed by atoms with van der Waals surface area (Å²) < 4.78 is 4.71. The van der Waals surface area contributed by atoms with Gasteiger partial charge in [-0.05, 0) is 5.92 Å². The minimum absolute atomic E-state index is 0.00153. The number of hydrogen-bond donors (Lipinski definition) is 0. The maximum Gasteiger partial charge on any atom is 0.310 e. The largest absolute Gasteiger partial charge is 0.469 e. The Balaban J connectivity index is 2.52. The van der Waals surface area contributed by atoms with E-state index in [1.54, 1.807) is 0 Å². The highest BCUT2D eigenvalue weighted by atomic mass is 16.5. The highest BCUT2D eigenvalue weighted by Crippen LogP contribution is 2.23. The lowest BCUT2D eigenvalue weighted by Crippen LogP contribution is -2.24. The average Bonchev–Trinajstić information content (AvgIpc) is 2.46. The van der Waals surface area contributed by atoms with Crippen molar-refractivity contribution in [2.75, 3.05) is 26.7 Å². The zero-order valence-electron chi connectivity index (χ0n) is 8.12. The number of nitrogens with zero attached hydrogens (tertiary/aromatic N) is 1. The van der Waals surface area contributed by atoms with Crippen molar-refractivity contribution >= 4 is 5.97 Å². The van der Waals surface area contributed by atoms with Gasteiger partial charge in [-0.3, -0.25) is 9.69 Å². The molecule has 0 saturated carbocycles. The molecule has 1 aliphatic heterocycles. The summed E-state index contributed by atoms with van der Waals surface area (Å²) >= 11 is 0. The standard InChI is InChI=1S/C10H15NO2/c1-4-5-11-6-8(2)9(7-11)10(12)13-3/h1,8-9H,5-7H2,2-3H3. The van der Waals surface area contributed by atoms with Crippen LogP contribution < -0.4 is 0 Å². The minimum Gasteiger partial charge on any atom is -0.469 e. The van der Waals surface area contributed by atoms with Crippen LogP contribution in [0.5, 0.6) is 0 Å². The van der Waals surface area contributed by atoms with Gasteiger partial charge in [-0.25, -0.2) is 0 Å². The third-order valence-corrected chi connectivity index (χ3v) is 2.51. The van der Waals surface area contributed by atoms with Crippen molar-refractivity contribution in [3.63, 3.8) is 0 Å². The summed E-state index contributed by atoms with van der Waals surface area (Å²) in [5, 5.41) is 0. The molecular weight excluding hydrogens is 166 g/mol. The Hall–Kier alpha value is -1.01. The van der Waals surface area contributed by atoms with Gasteiger partial charge in [0.15, 0.2) is 0 Å². The molecule has 1 aliphatic rings. The summed E-state index contributed by atoms with van der Waals surface area (Å²) in [5.41, 5.74) is 0. The third kappa shape index (κ3) is 2.22. The van der Waals surface area contributed by atoms with Crippen molar-refractivity contribution < 1.29 is 9.53 Å². The van der Waals surface area contributed by atoms with E-state index in [0.29, 0.717) is 12.5 Å². The molecule has 1 fully saturated rings. The molecular formula is C10H15NO2. The molecule has 2 unspecified atom stereocenters. The second kappa shape index (κ2) is 4.29. The van der Waals surface area contributed by atoms with Crippen LogP contribution in [0, 0.1) is 24.2 Å². The molecule has 1 rings (SSSR count). The number of methoxy groups -OCH3 is 1. The quantitative estimate of drug-likeness (QED) is 0.455. The molecule has 3 nitrogen and oxygen atoms in total. The van der Waals surface area contributed by atoms with E-state index in [-0.39, 0.29) is 11.9 Å². The van der Waals surface area contributed by atoms with E-state index in [9.17, 15) is 4.79 Å². The first kappa shape index (κ1) is 10.1. The number of rotatable bonds is 2. The topological polar surface area (TPSA) is 29.5 Å². The normalized spacial score (nSPS) is 28.4. The van der Waals surface area contributed by atoms with Gasteiger partial charge in [-0.1, -0.05) is 12.8 Å². The smallest absolute Gasteiger partial charge is 0.310 e. The number of hydrogen-bond acceptors (Lipinski definition) is 3. The van der Waals surface area contributed by atoms with E-state index >= 15 is 0 Å². The molecule has 1 heterocycles. The first-order chi connectivity index (χ1) is 6.19. The molecule has 72 valence electrons. The molecule has 0 aromatic heterocycles. The van der Waals surface area contributed by atoms with Gasteiger partial charge in [0.2, 0.25) is 0 Å². The van der Waals surface area contributed by atoms with E-state index in [4.69, 9.17) is 11.2 Å². The summed E-state index contributed by atoms with van der Waals surface area (Å²) in [6.45, 7) is 4.30. The Morgan fingerprint density at radius 2 is 2.38 bits per heavy atom. The van der Waals surface area contributed by atoms with Crippen molar-refractivity contribution in [3.8, 4) is 12.3 Å². The number of esters is 1. The molecule has 0 spiro atoms. The Bertz CT molecular complexity index is 232. The molecule has 0 bridgehead atoms. The fourth-order valence-electron chi connectivity index (χ4n) is 1.78. The van der Waals surface area contributed by atoms with E-state index in [2.05, 4.69) is 17.7 Å². The average molecular weight is 181 g/mol. The van der Waals surface area contributed by atoms with E-state index in [0.717, 1.165) is 13.1 Å². The van der Waals surface area contributed by atoms with Crippen LogP contribution in [-0.4, -0.2) is 37.6 Å². The van der Waals surface area contributed by atoms with Crippen LogP contribution in [0.3, 0.4) is 0 Å². The molecule has 13 heavy (non-hydrogen) atoms. The van der Waals surface area contributed by atoms with Crippen LogP contribution in [0.25, 0.3) is 0 Å². The maximum absolute atomic E-state index is 11.3. The van der Waals surface area contributed by atoms with Gasteiger partial charge < -0.3 is 4.74 Å². The van der Waals surface area contributed by atoms with Gasteiger partial charge in [-0.2, -0.15) is 0 Å². The van der Waals surface area contributed by atoms with Crippen LogP contribution in [-0.2, 0) is 9.53 Å². The highest BCUT2D eigenvalue weighted by Gasteiger charge is 2.34. The van der Waals surface area contributed by atoms with Crippen molar-refractivity contribution in [1.29, 1.82) is 0 Å². The highest BCUT2D eigenvalue weighted by molar-refractivity contribution is 5.73. The van der Waals surface area contributed by atoms with Crippen molar-refractivity contribution in [2.45, 2.75) is 6.92 Å². The predicted octanol–water partition coefficient (Wildman–Crippen LogP) is 0.361. The lowest BCUT2D eigenvalue weighted by atomic mass is 9.99. The number of ether oxygens (including phenoxy) is 1. The fourth-order valence-corrected chi connectivity index (χ4v) is 1.78. The summed E-state index contributed by atoms with van der Waals surface area (Å²) in [7, 11) is 1.43. The van der Waals surface area contributed by atoms with Crippen molar-refractivity contribution in [3.05, 3.63) is 0 Å². The van der Waals surface area contributed by atoms with Crippen molar-refractivity contribution in [1.82, 2.24) is 4.90 Å².